The van der Waals surface area contributed by atoms with Crippen LogP contribution in [0.15, 0.2) is 0 Å². The Kier molecular flexibility index (Phi) is 7.89. The van der Waals surface area contributed by atoms with Crippen molar-refractivity contribution in [3.8, 4) is 0 Å². The first-order chi connectivity index (χ1) is 10.7. The lowest BCUT2D eigenvalue weighted by atomic mass is 9.99. The van der Waals surface area contributed by atoms with Gasteiger partial charge in [0, 0.05) is 0 Å². The molecule has 0 aromatic heterocycles. The number of ether oxygens (including phenoxy) is 2. The summed E-state index contributed by atoms with van der Waals surface area (Å²) < 4.78 is 9.85. The van der Waals surface area contributed by atoms with Gasteiger partial charge in [0.25, 0.3) is 0 Å². The van der Waals surface area contributed by atoms with Crippen molar-refractivity contribution in [3.05, 3.63) is 0 Å². The first kappa shape index (κ1) is 20.3. The van der Waals surface area contributed by atoms with Crippen LogP contribution in [0.5, 0.6) is 0 Å². The molecule has 136 valence electrons. The van der Waals surface area contributed by atoms with Crippen molar-refractivity contribution in [3.63, 3.8) is 0 Å². The highest BCUT2D eigenvalue weighted by molar-refractivity contribution is 5.84. The monoisotopic (exact) mass is 342 g/mol. The number of hydrogen-bond acceptors (Lipinski definition) is 11. The molecule has 23 heavy (non-hydrogen) atoms. The molecule has 0 saturated carbocycles. The Balaban J connectivity index is 2.57. The van der Waals surface area contributed by atoms with Crippen LogP contribution in [0.1, 0.15) is 0 Å². The third-order valence-corrected chi connectivity index (χ3v) is 3.47. The highest BCUT2D eigenvalue weighted by atomic mass is 16.7. The summed E-state index contributed by atoms with van der Waals surface area (Å²) in [4.78, 5) is 11.6. The molecule has 1 rings (SSSR count). The van der Waals surface area contributed by atoms with Crippen molar-refractivity contribution in [1.82, 2.24) is 0 Å². The van der Waals surface area contributed by atoms with E-state index in [0.29, 0.717) is 0 Å². The predicted octanol–water partition coefficient (Wildman–Crippen LogP) is -5.55. The Labute approximate surface area is 130 Å². The highest BCUT2D eigenvalue weighted by Gasteiger charge is 2.44. The molecule has 1 fully saturated rings. The fourth-order valence-electron chi connectivity index (χ4n) is 1.96. The molecule has 0 aromatic carbocycles. The van der Waals surface area contributed by atoms with E-state index in [2.05, 4.69) is 0 Å². The van der Waals surface area contributed by atoms with Gasteiger partial charge in [-0.05, 0) is 0 Å². The lowest BCUT2D eigenvalue weighted by molar-refractivity contribution is -0.299. The van der Waals surface area contributed by atoms with E-state index in [1.807, 2.05) is 0 Å². The Morgan fingerprint density at radius 3 is 2.17 bits per heavy atom. The van der Waals surface area contributed by atoms with Gasteiger partial charge in [-0.1, -0.05) is 0 Å². The van der Waals surface area contributed by atoms with E-state index in [1.165, 1.54) is 0 Å². The highest BCUT2D eigenvalue weighted by Crippen LogP contribution is 2.22. The minimum absolute atomic E-state index is 0.678. The van der Waals surface area contributed by atoms with Crippen LogP contribution in [0.25, 0.3) is 0 Å². The van der Waals surface area contributed by atoms with Crippen LogP contribution in [-0.4, -0.2) is 115 Å². The average molecular weight is 342 g/mol. The summed E-state index contributed by atoms with van der Waals surface area (Å²) in [6.45, 7) is -2.42. The van der Waals surface area contributed by atoms with Gasteiger partial charge in [0.1, 0.15) is 49.3 Å². The largest absolute Gasteiger partial charge is 0.394 e. The molecular formula is C12H22O11. The number of carbonyl (C=O) groups excluding carboxylic acids is 1. The molecule has 11 heteroatoms. The maximum atomic E-state index is 11.6. The fourth-order valence-corrected chi connectivity index (χ4v) is 1.96. The SMILES string of the molecule is O=C(CO[C@H]1O[C@H](CO)[C@@H](O)[C@H](O)[C@H]1O)[C@@H](O)[C@H](O)C(O)CO. The molecule has 1 aliphatic rings. The van der Waals surface area contributed by atoms with E-state index >= 15 is 0 Å². The molecule has 0 spiro atoms. The van der Waals surface area contributed by atoms with E-state index in [1.54, 1.807) is 0 Å². The first-order valence-corrected chi connectivity index (χ1v) is 6.84. The molecule has 8 N–H and O–H groups in total. The third-order valence-electron chi connectivity index (χ3n) is 3.47. The molecule has 0 bridgehead atoms. The van der Waals surface area contributed by atoms with Gasteiger partial charge in [0.2, 0.25) is 0 Å². The van der Waals surface area contributed by atoms with Crippen LogP contribution in [0, 0.1) is 0 Å². The summed E-state index contributed by atoms with van der Waals surface area (Å²) in [6, 6.07) is 0. The fraction of sp³-hybridized carbons (Fsp3) is 0.917. The molecule has 8 atom stereocenters. The van der Waals surface area contributed by atoms with Gasteiger partial charge in [-0.25, -0.2) is 0 Å². The van der Waals surface area contributed by atoms with E-state index in [0.717, 1.165) is 0 Å². The second-order valence-corrected chi connectivity index (χ2v) is 5.16. The molecule has 0 aliphatic carbocycles. The zero-order valence-electron chi connectivity index (χ0n) is 12.0. The molecule has 0 amide bonds. The van der Waals surface area contributed by atoms with Gasteiger partial charge in [-0.2, -0.15) is 0 Å². The molecule has 0 aromatic rings. The van der Waals surface area contributed by atoms with Crippen molar-refractivity contribution in [2.24, 2.45) is 0 Å². The number of aliphatic hydroxyl groups excluding tert-OH is 8. The van der Waals surface area contributed by atoms with Gasteiger partial charge in [-0.3, -0.25) is 4.79 Å². The third kappa shape index (κ3) is 4.87. The van der Waals surface area contributed by atoms with Gasteiger partial charge < -0.3 is 50.3 Å². The van der Waals surface area contributed by atoms with Crippen molar-refractivity contribution in [2.45, 2.75) is 49.0 Å². The summed E-state index contributed by atoms with van der Waals surface area (Å²) in [5.41, 5.74) is 0. The minimum atomic E-state index is -2.05. The van der Waals surface area contributed by atoms with Crippen LogP contribution in [0.3, 0.4) is 0 Å². The van der Waals surface area contributed by atoms with E-state index in [4.69, 9.17) is 24.8 Å². The molecule has 11 nitrogen and oxygen atoms in total. The number of rotatable bonds is 8. The smallest absolute Gasteiger partial charge is 0.189 e. The average Bonchev–Trinajstić information content (AvgIpc) is 2.56. The molecule has 1 aliphatic heterocycles. The van der Waals surface area contributed by atoms with Gasteiger partial charge in [-0.15, -0.1) is 0 Å². The number of Topliss-reactive ketones (excluding diaryl/α,β-unsaturated/α-hetero) is 1. The Hall–Kier alpha value is -0.730. The van der Waals surface area contributed by atoms with Crippen molar-refractivity contribution >= 4 is 5.78 Å². The Morgan fingerprint density at radius 2 is 1.65 bits per heavy atom. The van der Waals surface area contributed by atoms with Gasteiger partial charge >= 0.3 is 0 Å². The van der Waals surface area contributed by atoms with Gasteiger partial charge in [0.15, 0.2) is 12.1 Å². The number of hydrogen-bond donors (Lipinski definition) is 8. The van der Waals surface area contributed by atoms with E-state index in [-0.39, 0.29) is 0 Å². The van der Waals surface area contributed by atoms with Crippen molar-refractivity contribution in [2.75, 3.05) is 19.8 Å². The van der Waals surface area contributed by atoms with E-state index in [9.17, 15) is 30.3 Å². The van der Waals surface area contributed by atoms with Gasteiger partial charge in [0.05, 0.1) is 13.2 Å². The number of carbonyl (C=O) groups is 1. The summed E-state index contributed by atoms with van der Waals surface area (Å²) in [5, 5.41) is 74.4. The zero-order valence-corrected chi connectivity index (χ0v) is 12.0. The van der Waals surface area contributed by atoms with Crippen molar-refractivity contribution in [1.29, 1.82) is 0 Å². The lowest BCUT2D eigenvalue weighted by Gasteiger charge is -2.39. The quantitative estimate of drug-likeness (QED) is 0.209. The Morgan fingerprint density at radius 1 is 1.04 bits per heavy atom. The van der Waals surface area contributed by atoms with Crippen molar-refractivity contribution < 1.29 is 55.1 Å². The van der Waals surface area contributed by atoms with E-state index < -0.39 is 74.6 Å². The summed E-state index contributed by atoms with van der Waals surface area (Å²) in [7, 11) is 0. The first-order valence-electron chi connectivity index (χ1n) is 6.84. The van der Waals surface area contributed by atoms with Crippen LogP contribution >= 0.6 is 0 Å². The zero-order chi connectivity index (χ0) is 17.7. The Bertz CT molecular complexity index is 376. The second kappa shape index (κ2) is 8.94. The van der Waals surface area contributed by atoms with Crippen LogP contribution in [-0.2, 0) is 14.3 Å². The maximum Gasteiger partial charge on any atom is 0.189 e. The predicted molar refractivity (Wildman–Crippen MR) is 69.8 cm³/mol. The molecule has 1 heterocycles. The normalized spacial score (nSPS) is 35.6. The molecular weight excluding hydrogens is 320 g/mol. The summed E-state index contributed by atoms with van der Waals surface area (Å²) in [5.74, 6) is -1.08. The molecule has 1 unspecified atom stereocenters. The number of aliphatic hydroxyl groups is 8. The molecule has 0 radical (unpaired) electrons. The topological polar surface area (TPSA) is 197 Å². The summed E-state index contributed by atoms with van der Waals surface area (Å²) >= 11 is 0. The van der Waals surface area contributed by atoms with Crippen LogP contribution < -0.4 is 0 Å². The lowest BCUT2D eigenvalue weighted by Crippen LogP contribution is -2.59. The summed E-state index contributed by atoms with van der Waals surface area (Å²) in [6.07, 6.45) is -13.5. The molecule has 1 saturated heterocycles. The number of ketones is 1. The maximum absolute atomic E-state index is 11.6. The minimum Gasteiger partial charge on any atom is -0.394 e. The second-order valence-electron chi connectivity index (χ2n) is 5.16. The van der Waals surface area contributed by atoms with Crippen LogP contribution in [0.2, 0.25) is 0 Å². The van der Waals surface area contributed by atoms with Crippen LogP contribution in [0.4, 0.5) is 0 Å². The standard InChI is InChI=1S/C12H22O11/c13-1-4(15)7(17)8(18)5(16)3-22-12-11(21)10(20)9(19)6(2-14)23-12/h4,6-15,17-21H,1-3H2/t4?,6-,7-,8-,9-,10+,11-,12+/m1/s1.